The fraction of sp³-hybridized carbons (Fsp3) is 0.615. The molecule has 0 fully saturated rings. The molecule has 0 radical (unpaired) electrons. The van der Waals surface area contributed by atoms with Crippen LogP contribution in [0.15, 0.2) is 18.3 Å². The molecule has 0 aromatic carbocycles. The first-order valence-electron chi connectivity index (χ1n) is 5.82. The molecule has 1 rings (SSSR count). The molecule has 0 aliphatic rings. The minimum Gasteiger partial charge on any atom is -0.393 e. The second-order valence-corrected chi connectivity index (χ2v) is 4.12. The van der Waals surface area contributed by atoms with Crippen molar-refractivity contribution >= 4 is 0 Å². The lowest BCUT2D eigenvalue weighted by molar-refractivity contribution is 0.160. The van der Waals surface area contributed by atoms with Gasteiger partial charge in [-0.3, -0.25) is 4.98 Å². The van der Waals surface area contributed by atoms with Gasteiger partial charge in [0.25, 0.3) is 0 Å². The lowest BCUT2D eigenvalue weighted by Gasteiger charge is -2.11. The highest BCUT2D eigenvalue weighted by Gasteiger charge is 2.07. The fourth-order valence-corrected chi connectivity index (χ4v) is 1.69. The Balaban J connectivity index is 2.37. The normalized spacial score (nSPS) is 12.7. The topological polar surface area (TPSA) is 33.1 Å². The maximum Gasteiger partial charge on any atom is 0.0595 e. The molecule has 2 heteroatoms. The van der Waals surface area contributed by atoms with Crippen LogP contribution in [0, 0.1) is 6.92 Å². The molecular formula is C13H21NO. The highest BCUT2D eigenvalue weighted by atomic mass is 16.3. The molecule has 1 aromatic rings. The van der Waals surface area contributed by atoms with Crippen LogP contribution in [0.3, 0.4) is 0 Å². The smallest absolute Gasteiger partial charge is 0.0595 e. The fourth-order valence-electron chi connectivity index (χ4n) is 1.69. The van der Waals surface area contributed by atoms with Crippen molar-refractivity contribution < 1.29 is 5.11 Å². The Bertz CT molecular complexity index is 286. The molecule has 0 amide bonds. The third-order valence-corrected chi connectivity index (χ3v) is 2.69. The SMILES string of the molecule is CCCCCC(O)Cc1ncccc1C. The molecule has 1 aromatic heterocycles. The summed E-state index contributed by atoms with van der Waals surface area (Å²) in [4.78, 5) is 4.29. The zero-order valence-corrected chi connectivity index (χ0v) is 9.74. The van der Waals surface area contributed by atoms with Crippen LogP contribution in [0.5, 0.6) is 0 Å². The summed E-state index contributed by atoms with van der Waals surface area (Å²) in [5.41, 5.74) is 2.20. The number of aliphatic hydroxyl groups is 1. The van der Waals surface area contributed by atoms with E-state index in [4.69, 9.17) is 0 Å². The number of aryl methyl sites for hydroxylation is 1. The second-order valence-electron chi connectivity index (χ2n) is 4.12. The summed E-state index contributed by atoms with van der Waals surface area (Å²) in [6, 6.07) is 3.98. The molecule has 0 saturated carbocycles. The van der Waals surface area contributed by atoms with Crippen molar-refractivity contribution in [2.24, 2.45) is 0 Å². The lowest BCUT2D eigenvalue weighted by Crippen LogP contribution is -2.12. The van der Waals surface area contributed by atoms with Crippen LogP contribution >= 0.6 is 0 Å². The van der Waals surface area contributed by atoms with Crippen LogP contribution in [0.2, 0.25) is 0 Å². The van der Waals surface area contributed by atoms with Crippen LogP contribution < -0.4 is 0 Å². The predicted molar refractivity (Wildman–Crippen MR) is 62.8 cm³/mol. The van der Waals surface area contributed by atoms with Crippen LogP contribution in [0.1, 0.15) is 43.9 Å². The van der Waals surface area contributed by atoms with Gasteiger partial charge in [0, 0.05) is 18.3 Å². The number of pyridine rings is 1. The van der Waals surface area contributed by atoms with Gasteiger partial charge in [-0.05, 0) is 25.0 Å². The molecule has 1 N–H and O–H groups in total. The Hall–Kier alpha value is -0.890. The summed E-state index contributed by atoms with van der Waals surface area (Å²) >= 11 is 0. The third kappa shape index (κ3) is 4.43. The maximum absolute atomic E-state index is 9.81. The first kappa shape index (κ1) is 12.2. The number of hydrogen-bond acceptors (Lipinski definition) is 2. The molecular weight excluding hydrogens is 186 g/mol. The largest absolute Gasteiger partial charge is 0.393 e. The highest BCUT2D eigenvalue weighted by molar-refractivity contribution is 5.18. The van der Waals surface area contributed by atoms with E-state index in [9.17, 15) is 5.11 Å². The van der Waals surface area contributed by atoms with Crippen LogP contribution in [0.25, 0.3) is 0 Å². The number of aromatic nitrogens is 1. The molecule has 1 unspecified atom stereocenters. The van der Waals surface area contributed by atoms with E-state index in [1.807, 2.05) is 19.1 Å². The molecule has 0 bridgehead atoms. The van der Waals surface area contributed by atoms with Gasteiger partial charge in [0.05, 0.1) is 6.10 Å². The Kier molecular flexibility index (Phi) is 5.33. The summed E-state index contributed by atoms with van der Waals surface area (Å²) in [6.45, 7) is 4.22. The number of rotatable bonds is 6. The van der Waals surface area contributed by atoms with E-state index >= 15 is 0 Å². The average molecular weight is 207 g/mol. The summed E-state index contributed by atoms with van der Waals surface area (Å²) in [6.07, 6.45) is 6.67. The minimum atomic E-state index is -0.231. The number of nitrogens with zero attached hydrogens (tertiary/aromatic N) is 1. The second kappa shape index (κ2) is 6.57. The monoisotopic (exact) mass is 207 g/mol. The van der Waals surface area contributed by atoms with Crippen LogP contribution in [0.4, 0.5) is 0 Å². The summed E-state index contributed by atoms with van der Waals surface area (Å²) in [5.74, 6) is 0. The average Bonchev–Trinajstić information content (AvgIpc) is 2.22. The van der Waals surface area contributed by atoms with Gasteiger partial charge in [0.15, 0.2) is 0 Å². The van der Waals surface area contributed by atoms with Gasteiger partial charge >= 0.3 is 0 Å². The third-order valence-electron chi connectivity index (χ3n) is 2.69. The van der Waals surface area contributed by atoms with E-state index in [1.165, 1.54) is 18.4 Å². The Morgan fingerprint density at radius 2 is 2.20 bits per heavy atom. The summed E-state index contributed by atoms with van der Waals surface area (Å²) in [7, 11) is 0. The molecule has 0 aliphatic carbocycles. The number of aliphatic hydroxyl groups excluding tert-OH is 1. The van der Waals surface area contributed by atoms with Gasteiger partial charge in [-0.25, -0.2) is 0 Å². The van der Waals surface area contributed by atoms with Crippen molar-refractivity contribution in [1.82, 2.24) is 4.98 Å². The van der Waals surface area contributed by atoms with E-state index in [0.717, 1.165) is 18.5 Å². The standard InChI is InChI=1S/C13H21NO/c1-3-4-5-8-12(15)10-13-11(2)7-6-9-14-13/h6-7,9,12,15H,3-5,8,10H2,1-2H3. The maximum atomic E-state index is 9.81. The summed E-state index contributed by atoms with van der Waals surface area (Å²) < 4.78 is 0. The molecule has 1 heterocycles. The molecule has 15 heavy (non-hydrogen) atoms. The summed E-state index contributed by atoms with van der Waals surface area (Å²) in [5, 5.41) is 9.81. The van der Waals surface area contributed by atoms with Gasteiger partial charge in [-0.15, -0.1) is 0 Å². The first-order valence-corrected chi connectivity index (χ1v) is 5.82. The lowest BCUT2D eigenvalue weighted by atomic mass is 10.0. The van der Waals surface area contributed by atoms with Crippen molar-refractivity contribution in [3.05, 3.63) is 29.6 Å². The van der Waals surface area contributed by atoms with Gasteiger partial charge in [0.1, 0.15) is 0 Å². The minimum absolute atomic E-state index is 0.231. The van der Waals surface area contributed by atoms with Crippen molar-refractivity contribution in [3.63, 3.8) is 0 Å². The van der Waals surface area contributed by atoms with E-state index in [0.29, 0.717) is 6.42 Å². The van der Waals surface area contributed by atoms with Crippen LogP contribution in [-0.2, 0) is 6.42 Å². The highest BCUT2D eigenvalue weighted by Crippen LogP contribution is 2.11. The number of hydrogen-bond donors (Lipinski definition) is 1. The number of unbranched alkanes of at least 4 members (excludes halogenated alkanes) is 2. The van der Waals surface area contributed by atoms with Crippen molar-refractivity contribution in [3.8, 4) is 0 Å². The van der Waals surface area contributed by atoms with E-state index in [1.54, 1.807) is 6.20 Å². The first-order chi connectivity index (χ1) is 7.24. The molecule has 2 nitrogen and oxygen atoms in total. The molecule has 0 spiro atoms. The van der Waals surface area contributed by atoms with Crippen molar-refractivity contribution in [2.45, 2.75) is 52.1 Å². The van der Waals surface area contributed by atoms with E-state index in [2.05, 4.69) is 11.9 Å². The quantitative estimate of drug-likeness (QED) is 0.728. The van der Waals surface area contributed by atoms with Gasteiger partial charge in [-0.2, -0.15) is 0 Å². The molecule has 84 valence electrons. The van der Waals surface area contributed by atoms with Gasteiger partial charge < -0.3 is 5.11 Å². The Morgan fingerprint density at radius 1 is 1.40 bits per heavy atom. The molecule has 0 aliphatic heterocycles. The molecule has 0 saturated heterocycles. The Morgan fingerprint density at radius 3 is 2.87 bits per heavy atom. The van der Waals surface area contributed by atoms with E-state index < -0.39 is 0 Å². The van der Waals surface area contributed by atoms with Crippen LogP contribution in [-0.4, -0.2) is 16.2 Å². The van der Waals surface area contributed by atoms with Gasteiger partial charge in [-0.1, -0.05) is 32.3 Å². The van der Waals surface area contributed by atoms with Gasteiger partial charge in [0.2, 0.25) is 0 Å². The zero-order chi connectivity index (χ0) is 11.1. The predicted octanol–water partition coefficient (Wildman–Crippen LogP) is 2.87. The molecule has 1 atom stereocenters. The van der Waals surface area contributed by atoms with E-state index in [-0.39, 0.29) is 6.10 Å². The zero-order valence-electron chi connectivity index (χ0n) is 9.74. The Labute approximate surface area is 92.4 Å². The van der Waals surface area contributed by atoms with Crippen molar-refractivity contribution in [1.29, 1.82) is 0 Å². The van der Waals surface area contributed by atoms with Crippen molar-refractivity contribution in [2.75, 3.05) is 0 Å².